The third-order valence-corrected chi connectivity index (χ3v) is 6.23. The zero-order chi connectivity index (χ0) is 21.4. The maximum absolute atomic E-state index is 11.7. The van der Waals surface area contributed by atoms with Crippen molar-refractivity contribution in [2.45, 2.75) is 44.1 Å². The van der Waals surface area contributed by atoms with Crippen LogP contribution in [0.3, 0.4) is 0 Å². The molecule has 0 aliphatic carbocycles. The van der Waals surface area contributed by atoms with E-state index < -0.39 is 18.6 Å². The van der Waals surface area contributed by atoms with Gasteiger partial charge in [-0.25, -0.2) is 0 Å². The summed E-state index contributed by atoms with van der Waals surface area (Å²) >= 11 is 12.0. The summed E-state index contributed by atoms with van der Waals surface area (Å²) < 4.78 is 0. The fourth-order valence-electron chi connectivity index (χ4n) is 3.53. The molecule has 10 heteroatoms. The van der Waals surface area contributed by atoms with Crippen molar-refractivity contribution < 1.29 is 19.9 Å². The van der Waals surface area contributed by atoms with Crippen molar-refractivity contribution in [2.24, 2.45) is 5.73 Å². The number of unbranched alkanes of at least 4 members (excludes halogenated alkanes) is 1. The van der Waals surface area contributed by atoms with E-state index in [1.165, 1.54) is 0 Å². The highest BCUT2D eigenvalue weighted by molar-refractivity contribution is 6.42. The second kappa shape index (κ2) is 11.5. The second-order valence-electron chi connectivity index (χ2n) is 7.80. The second-order valence-corrected chi connectivity index (χ2v) is 8.62. The van der Waals surface area contributed by atoms with E-state index in [0.717, 1.165) is 38.3 Å². The van der Waals surface area contributed by atoms with Crippen LogP contribution >= 0.6 is 23.2 Å². The molecule has 7 nitrogen and oxygen atoms in total. The number of halogens is 2. The van der Waals surface area contributed by atoms with Crippen LogP contribution < -0.4 is 5.73 Å². The summed E-state index contributed by atoms with van der Waals surface area (Å²) in [6.07, 6.45) is 2.02. The summed E-state index contributed by atoms with van der Waals surface area (Å²) in [6, 6.07) is 5.68. The number of nitrogens with two attached hydrogens (primary N) is 1. The molecule has 0 spiro atoms. The Hall–Kier alpha value is -0.865. The quantitative estimate of drug-likeness (QED) is 0.304. The summed E-state index contributed by atoms with van der Waals surface area (Å²) in [5.41, 5.74) is 5.98. The van der Waals surface area contributed by atoms with Crippen molar-refractivity contribution in [2.75, 3.05) is 32.7 Å². The van der Waals surface area contributed by atoms with Crippen LogP contribution in [-0.4, -0.2) is 76.3 Å². The minimum atomic E-state index is -1.35. The SMILES string of the molecule is NC(CCCCB(O)O)(CCN1CCN(Cc2ccc(Cl)c(Cl)c2)CC1)C(=O)O. The van der Waals surface area contributed by atoms with Crippen molar-refractivity contribution in [3.63, 3.8) is 0 Å². The Morgan fingerprint density at radius 1 is 1.07 bits per heavy atom. The number of benzene rings is 1. The van der Waals surface area contributed by atoms with Crippen molar-refractivity contribution >= 4 is 36.3 Å². The first-order valence-electron chi connectivity index (χ1n) is 9.97. The van der Waals surface area contributed by atoms with Crippen LogP contribution in [0.1, 0.15) is 31.2 Å². The maximum Gasteiger partial charge on any atom is 0.451 e. The number of hydrogen-bond donors (Lipinski definition) is 4. The number of rotatable bonds is 11. The molecule has 1 aliphatic rings. The van der Waals surface area contributed by atoms with Crippen LogP contribution in [0.2, 0.25) is 16.4 Å². The van der Waals surface area contributed by atoms with Gasteiger partial charge in [-0.15, -0.1) is 0 Å². The van der Waals surface area contributed by atoms with Gasteiger partial charge in [0.2, 0.25) is 0 Å². The van der Waals surface area contributed by atoms with Gasteiger partial charge < -0.3 is 25.8 Å². The third-order valence-electron chi connectivity index (χ3n) is 5.49. The van der Waals surface area contributed by atoms with E-state index in [0.29, 0.717) is 42.3 Å². The Balaban J connectivity index is 1.75. The molecule has 1 heterocycles. The highest BCUT2D eigenvalue weighted by atomic mass is 35.5. The molecule has 162 valence electrons. The lowest BCUT2D eigenvalue weighted by molar-refractivity contribution is -0.144. The first-order chi connectivity index (χ1) is 13.7. The zero-order valence-corrected chi connectivity index (χ0v) is 18.1. The molecular formula is C19H30BCl2N3O4. The van der Waals surface area contributed by atoms with Crippen LogP contribution in [0.15, 0.2) is 18.2 Å². The van der Waals surface area contributed by atoms with Crippen LogP contribution in [0, 0.1) is 0 Å². The number of piperazine rings is 1. The maximum atomic E-state index is 11.7. The van der Waals surface area contributed by atoms with E-state index in [1.807, 2.05) is 18.2 Å². The molecular weight excluding hydrogens is 416 g/mol. The van der Waals surface area contributed by atoms with Gasteiger partial charge in [0.1, 0.15) is 5.54 Å². The van der Waals surface area contributed by atoms with Gasteiger partial charge in [0.05, 0.1) is 10.0 Å². The minimum absolute atomic E-state index is 0.233. The lowest BCUT2D eigenvalue weighted by Gasteiger charge is -2.36. The Bertz CT molecular complexity index is 675. The Labute approximate surface area is 182 Å². The van der Waals surface area contributed by atoms with Gasteiger partial charge in [0.15, 0.2) is 0 Å². The number of carboxylic acids is 1. The monoisotopic (exact) mass is 445 g/mol. The zero-order valence-electron chi connectivity index (χ0n) is 16.6. The minimum Gasteiger partial charge on any atom is -0.480 e. The van der Waals surface area contributed by atoms with E-state index in [2.05, 4.69) is 9.80 Å². The molecule has 1 aromatic carbocycles. The van der Waals surface area contributed by atoms with Gasteiger partial charge in [0, 0.05) is 39.3 Å². The smallest absolute Gasteiger partial charge is 0.451 e. The van der Waals surface area contributed by atoms with Crippen molar-refractivity contribution in [3.8, 4) is 0 Å². The first kappa shape index (κ1) is 24.4. The predicted octanol–water partition coefficient (Wildman–Crippen LogP) is 1.93. The number of carboxylic acid groups (broad SMARTS) is 1. The van der Waals surface area contributed by atoms with E-state index in [4.69, 9.17) is 39.0 Å². The summed E-state index contributed by atoms with van der Waals surface area (Å²) in [5.74, 6) is -1.000. The van der Waals surface area contributed by atoms with Crippen molar-refractivity contribution in [3.05, 3.63) is 33.8 Å². The molecule has 1 atom stereocenters. The molecule has 1 saturated heterocycles. The molecule has 0 aromatic heterocycles. The van der Waals surface area contributed by atoms with Crippen LogP contribution in [0.5, 0.6) is 0 Å². The van der Waals surface area contributed by atoms with Gasteiger partial charge in [-0.05, 0) is 36.9 Å². The van der Waals surface area contributed by atoms with E-state index >= 15 is 0 Å². The largest absolute Gasteiger partial charge is 0.480 e. The number of nitrogens with zero attached hydrogens (tertiary/aromatic N) is 2. The van der Waals surface area contributed by atoms with Crippen LogP contribution in [0.25, 0.3) is 0 Å². The van der Waals surface area contributed by atoms with Gasteiger partial charge >= 0.3 is 13.1 Å². The highest BCUT2D eigenvalue weighted by Gasteiger charge is 2.34. The van der Waals surface area contributed by atoms with Gasteiger partial charge in [-0.1, -0.05) is 42.1 Å². The van der Waals surface area contributed by atoms with E-state index in [9.17, 15) is 9.90 Å². The third kappa shape index (κ3) is 8.05. The molecule has 0 saturated carbocycles. The lowest BCUT2D eigenvalue weighted by atomic mass is 9.81. The first-order valence-corrected chi connectivity index (χ1v) is 10.7. The number of aliphatic carboxylic acids is 1. The molecule has 0 radical (unpaired) electrons. The average molecular weight is 446 g/mol. The van der Waals surface area contributed by atoms with Gasteiger partial charge in [-0.3, -0.25) is 9.69 Å². The summed E-state index contributed by atoms with van der Waals surface area (Å²) in [7, 11) is -1.35. The average Bonchev–Trinajstić information content (AvgIpc) is 2.67. The Morgan fingerprint density at radius 2 is 1.72 bits per heavy atom. The fraction of sp³-hybridized carbons (Fsp3) is 0.632. The topological polar surface area (TPSA) is 110 Å². The molecule has 1 fully saturated rings. The molecule has 0 amide bonds. The fourth-order valence-corrected chi connectivity index (χ4v) is 3.85. The van der Waals surface area contributed by atoms with Gasteiger partial charge in [-0.2, -0.15) is 0 Å². The van der Waals surface area contributed by atoms with Crippen molar-refractivity contribution in [1.82, 2.24) is 9.80 Å². The lowest BCUT2D eigenvalue weighted by Crippen LogP contribution is -2.52. The molecule has 1 aliphatic heterocycles. The van der Waals surface area contributed by atoms with E-state index in [1.54, 1.807) is 0 Å². The predicted molar refractivity (Wildman–Crippen MR) is 116 cm³/mol. The molecule has 2 rings (SSSR count). The molecule has 1 unspecified atom stereocenters. The molecule has 29 heavy (non-hydrogen) atoms. The highest BCUT2D eigenvalue weighted by Crippen LogP contribution is 2.24. The standard InChI is InChI=1S/C19H30BCl2N3O4/c21-16-4-3-15(13-17(16)22)14-25-11-9-24(10-12-25)8-6-19(23,18(26)27)5-1-2-7-20(28)29/h3-4,13,28-29H,1-2,5-12,14,23H2,(H,26,27). The molecule has 5 N–H and O–H groups in total. The van der Waals surface area contributed by atoms with E-state index in [-0.39, 0.29) is 6.32 Å². The van der Waals surface area contributed by atoms with Crippen LogP contribution in [0.4, 0.5) is 0 Å². The Morgan fingerprint density at radius 3 is 2.31 bits per heavy atom. The number of hydrogen-bond acceptors (Lipinski definition) is 6. The number of carbonyl (C=O) groups is 1. The Kier molecular flexibility index (Phi) is 9.68. The van der Waals surface area contributed by atoms with Crippen LogP contribution in [-0.2, 0) is 11.3 Å². The summed E-state index contributed by atoms with van der Waals surface area (Å²) in [6.45, 7) is 4.92. The van der Waals surface area contributed by atoms with Gasteiger partial charge in [0.25, 0.3) is 0 Å². The van der Waals surface area contributed by atoms with Crippen molar-refractivity contribution in [1.29, 1.82) is 0 Å². The molecule has 1 aromatic rings. The summed E-state index contributed by atoms with van der Waals surface area (Å²) in [4.78, 5) is 16.2. The normalized spacial score (nSPS) is 17.8. The summed E-state index contributed by atoms with van der Waals surface area (Å²) in [5, 5.41) is 28.4. The molecule has 0 bridgehead atoms.